The Kier molecular flexibility index (Phi) is 6.55. The number of nitrogens with zero attached hydrogens (tertiary/aromatic N) is 1. The zero-order valence-corrected chi connectivity index (χ0v) is 14.9. The fourth-order valence-corrected chi connectivity index (χ4v) is 2.18. The van der Waals surface area contributed by atoms with Crippen molar-refractivity contribution in [3.8, 4) is 17.6 Å². The molecule has 2 rings (SSSR count). The van der Waals surface area contributed by atoms with Gasteiger partial charge >= 0.3 is 5.97 Å². The third-order valence-corrected chi connectivity index (χ3v) is 3.56. The molecular weight excluding hydrogens is 348 g/mol. The van der Waals surface area contributed by atoms with E-state index in [1.54, 1.807) is 19.1 Å². The number of ether oxygens (including phenoxy) is 2. The summed E-state index contributed by atoms with van der Waals surface area (Å²) >= 11 is 0. The van der Waals surface area contributed by atoms with Crippen molar-refractivity contribution in [3.63, 3.8) is 0 Å². The molecule has 0 saturated heterocycles. The Labute approximate surface area is 156 Å². The molecule has 0 aliphatic heterocycles. The van der Waals surface area contributed by atoms with Crippen molar-refractivity contribution in [1.82, 2.24) is 0 Å². The third-order valence-electron chi connectivity index (χ3n) is 3.56. The Morgan fingerprint density at radius 3 is 2.48 bits per heavy atom. The van der Waals surface area contributed by atoms with Gasteiger partial charge in [0.25, 0.3) is 5.91 Å². The fourth-order valence-electron chi connectivity index (χ4n) is 2.18. The van der Waals surface area contributed by atoms with E-state index >= 15 is 0 Å². The SMILES string of the molecule is CCOC(=O)c1ccc(NC(=O)/C(C#N)=C/c2ccc(OC)cc2O)cc1. The molecule has 0 spiro atoms. The molecule has 2 aromatic carbocycles. The Morgan fingerprint density at radius 1 is 1.22 bits per heavy atom. The first kappa shape index (κ1) is 19.5. The minimum absolute atomic E-state index is 0.117. The van der Waals surface area contributed by atoms with Crippen molar-refractivity contribution in [3.05, 3.63) is 59.2 Å². The first-order valence-corrected chi connectivity index (χ1v) is 8.05. The first-order valence-electron chi connectivity index (χ1n) is 8.05. The van der Waals surface area contributed by atoms with E-state index in [9.17, 15) is 20.0 Å². The Bertz CT molecular complexity index is 911. The van der Waals surface area contributed by atoms with Gasteiger partial charge in [0.05, 0.1) is 19.3 Å². The minimum atomic E-state index is -0.642. The normalized spacial score (nSPS) is 10.6. The molecule has 0 aliphatic carbocycles. The molecule has 2 N–H and O–H groups in total. The van der Waals surface area contributed by atoms with Gasteiger partial charge in [-0.1, -0.05) is 0 Å². The van der Waals surface area contributed by atoms with Crippen molar-refractivity contribution >= 4 is 23.6 Å². The second kappa shape index (κ2) is 9.06. The van der Waals surface area contributed by atoms with Crippen LogP contribution in [0.25, 0.3) is 6.08 Å². The first-order chi connectivity index (χ1) is 13.0. The lowest BCUT2D eigenvalue weighted by Gasteiger charge is -2.07. The molecule has 0 unspecified atom stereocenters. The van der Waals surface area contributed by atoms with Gasteiger partial charge in [-0.3, -0.25) is 4.79 Å². The number of carbonyl (C=O) groups excluding carboxylic acids is 2. The number of rotatable bonds is 6. The highest BCUT2D eigenvalue weighted by atomic mass is 16.5. The van der Waals surface area contributed by atoms with Crippen LogP contribution in [0, 0.1) is 11.3 Å². The molecule has 0 fully saturated rings. The number of anilines is 1. The molecule has 0 bridgehead atoms. The lowest BCUT2D eigenvalue weighted by atomic mass is 10.1. The van der Waals surface area contributed by atoms with E-state index in [1.807, 2.05) is 0 Å². The van der Waals surface area contributed by atoms with E-state index in [4.69, 9.17) is 9.47 Å². The van der Waals surface area contributed by atoms with Gasteiger partial charge in [-0.25, -0.2) is 4.79 Å². The lowest BCUT2D eigenvalue weighted by molar-refractivity contribution is -0.112. The number of aromatic hydroxyl groups is 1. The number of phenols is 1. The van der Waals surface area contributed by atoms with Gasteiger partial charge in [0.15, 0.2) is 0 Å². The molecule has 7 nitrogen and oxygen atoms in total. The molecule has 0 heterocycles. The topological polar surface area (TPSA) is 109 Å². The third kappa shape index (κ3) is 5.09. The zero-order chi connectivity index (χ0) is 19.8. The van der Waals surface area contributed by atoms with E-state index in [0.717, 1.165) is 0 Å². The predicted molar refractivity (Wildman–Crippen MR) is 99.3 cm³/mol. The molecule has 7 heteroatoms. The van der Waals surface area contributed by atoms with Crippen LogP contribution in [0.2, 0.25) is 0 Å². The lowest BCUT2D eigenvalue weighted by Crippen LogP contribution is -2.13. The average Bonchev–Trinajstić information content (AvgIpc) is 2.67. The summed E-state index contributed by atoms with van der Waals surface area (Å²) in [6.07, 6.45) is 1.27. The predicted octanol–water partition coefficient (Wildman–Crippen LogP) is 3.12. The number of amides is 1. The highest BCUT2D eigenvalue weighted by Crippen LogP contribution is 2.25. The van der Waals surface area contributed by atoms with Gasteiger partial charge in [0.1, 0.15) is 23.1 Å². The molecule has 0 aliphatic rings. The van der Waals surface area contributed by atoms with E-state index < -0.39 is 11.9 Å². The quantitative estimate of drug-likeness (QED) is 0.462. The Hall–Kier alpha value is -3.79. The minimum Gasteiger partial charge on any atom is -0.507 e. The molecular formula is C20H18N2O5. The number of methoxy groups -OCH3 is 1. The van der Waals surface area contributed by atoms with Crippen molar-refractivity contribution in [2.45, 2.75) is 6.92 Å². The zero-order valence-electron chi connectivity index (χ0n) is 14.9. The van der Waals surface area contributed by atoms with Crippen LogP contribution in [-0.2, 0) is 9.53 Å². The summed E-state index contributed by atoms with van der Waals surface area (Å²) in [4.78, 5) is 23.9. The van der Waals surface area contributed by atoms with E-state index in [2.05, 4.69) is 5.32 Å². The Balaban J connectivity index is 2.15. The molecule has 0 saturated carbocycles. The maximum atomic E-state index is 12.3. The smallest absolute Gasteiger partial charge is 0.338 e. The highest BCUT2D eigenvalue weighted by Gasteiger charge is 2.12. The number of carbonyl (C=O) groups is 2. The van der Waals surface area contributed by atoms with Gasteiger partial charge in [-0.05, 0) is 49.4 Å². The number of benzene rings is 2. The van der Waals surface area contributed by atoms with Crippen LogP contribution < -0.4 is 10.1 Å². The van der Waals surface area contributed by atoms with Gasteiger partial charge in [-0.15, -0.1) is 0 Å². The average molecular weight is 366 g/mol. The number of esters is 1. The largest absolute Gasteiger partial charge is 0.507 e. The number of nitrogens with one attached hydrogen (secondary N) is 1. The second-order valence-corrected chi connectivity index (χ2v) is 5.35. The molecule has 2 aromatic rings. The molecule has 138 valence electrons. The monoisotopic (exact) mass is 366 g/mol. The van der Waals surface area contributed by atoms with Crippen LogP contribution in [0.1, 0.15) is 22.8 Å². The standard InChI is InChI=1S/C20H18N2O5/c1-3-27-20(25)13-4-7-16(8-5-13)22-19(24)15(12-21)10-14-6-9-17(26-2)11-18(14)23/h4-11,23H,3H2,1-2H3,(H,22,24)/b15-10+. The van der Waals surface area contributed by atoms with Crippen molar-refractivity contribution < 1.29 is 24.2 Å². The van der Waals surface area contributed by atoms with E-state index in [-0.39, 0.29) is 17.9 Å². The molecule has 1 amide bonds. The summed E-state index contributed by atoms with van der Waals surface area (Å²) in [7, 11) is 1.46. The number of hydrogen-bond donors (Lipinski definition) is 2. The van der Waals surface area contributed by atoms with E-state index in [1.165, 1.54) is 49.6 Å². The van der Waals surface area contributed by atoms with Gasteiger partial charge < -0.3 is 19.9 Å². The highest BCUT2D eigenvalue weighted by molar-refractivity contribution is 6.10. The van der Waals surface area contributed by atoms with Gasteiger partial charge in [0.2, 0.25) is 0 Å². The number of nitriles is 1. The summed E-state index contributed by atoms with van der Waals surface area (Å²) in [6.45, 7) is 1.98. The molecule has 27 heavy (non-hydrogen) atoms. The summed E-state index contributed by atoms with van der Waals surface area (Å²) < 4.78 is 9.88. The van der Waals surface area contributed by atoms with Crippen molar-refractivity contribution in [2.24, 2.45) is 0 Å². The Morgan fingerprint density at radius 2 is 1.93 bits per heavy atom. The van der Waals surface area contributed by atoms with Crippen molar-refractivity contribution in [1.29, 1.82) is 5.26 Å². The van der Waals surface area contributed by atoms with E-state index in [0.29, 0.717) is 22.6 Å². The maximum Gasteiger partial charge on any atom is 0.338 e. The van der Waals surface area contributed by atoms with Gasteiger partial charge in [0, 0.05) is 17.3 Å². The van der Waals surface area contributed by atoms with Crippen molar-refractivity contribution in [2.75, 3.05) is 19.0 Å². The van der Waals surface area contributed by atoms with Crippen LogP contribution in [0.5, 0.6) is 11.5 Å². The fraction of sp³-hybridized carbons (Fsp3) is 0.150. The maximum absolute atomic E-state index is 12.3. The number of phenolic OH excluding ortho intramolecular Hbond substituents is 1. The van der Waals surface area contributed by atoms with Crippen LogP contribution in [0.3, 0.4) is 0 Å². The molecule has 0 aromatic heterocycles. The molecule has 0 atom stereocenters. The molecule has 0 radical (unpaired) electrons. The summed E-state index contributed by atoms with van der Waals surface area (Å²) in [6, 6.07) is 12.4. The van der Waals surface area contributed by atoms with Crippen LogP contribution in [0.4, 0.5) is 5.69 Å². The summed E-state index contributed by atoms with van der Waals surface area (Å²) in [5.41, 5.74) is 0.882. The van der Waals surface area contributed by atoms with Crippen LogP contribution >= 0.6 is 0 Å². The van der Waals surface area contributed by atoms with Crippen LogP contribution in [0.15, 0.2) is 48.0 Å². The van der Waals surface area contributed by atoms with Gasteiger partial charge in [-0.2, -0.15) is 5.26 Å². The number of hydrogen-bond acceptors (Lipinski definition) is 6. The van der Waals surface area contributed by atoms with Crippen LogP contribution in [-0.4, -0.2) is 30.7 Å². The second-order valence-electron chi connectivity index (χ2n) is 5.35. The summed E-state index contributed by atoms with van der Waals surface area (Å²) in [5, 5.41) is 21.8. The summed E-state index contributed by atoms with van der Waals surface area (Å²) in [5.74, 6) is -0.762.